The Morgan fingerprint density at radius 3 is 2.30 bits per heavy atom. The van der Waals surface area contributed by atoms with Crippen LogP contribution in [-0.4, -0.2) is 10.5 Å². The zero-order chi connectivity index (χ0) is 18.4. The van der Waals surface area contributed by atoms with Crippen molar-refractivity contribution in [3.05, 3.63) is 89.2 Å². The summed E-state index contributed by atoms with van der Waals surface area (Å²) >= 11 is 1.56. The summed E-state index contributed by atoms with van der Waals surface area (Å²) in [5, 5.41) is 4.36. The van der Waals surface area contributed by atoms with Gasteiger partial charge >= 0.3 is 0 Å². The highest BCUT2D eigenvalue weighted by atomic mass is 32.1. The number of thiazole rings is 1. The molecular formula is C23H16N2OS. The molecular weight excluding hydrogens is 352 g/mol. The summed E-state index contributed by atoms with van der Waals surface area (Å²) in [5.74, 6) is -0.210. The van der Waals surface area contributed by atoms with Gasteiger partial charge in [-0.2, -0.15) is 4.99 Å². The summed E-state index contributed by atoms with van der Waals surface area (Å²) in [4.78, 5) is 18.1. The zero-order valence-corrected chi connectivity index (χ0v) is 15.5. The lowest BCUT2D eigenvalue weighted by Gasteiger charge is -2.02. The number of rotatable bonds is 1. The summed E-state index contributed by atoms with van der Waals surface area (Å²) in [5.41, 5.74) is 1.72. The molecule has 0 aliphatic heterocycles. The molecule has 1 aromatic heterocycles. The minimum absolute atomic E-state index is 0.210. The highest BCUT2D eigenvalue weighted by Gasteiger charge is 2.11. The first-order valence-electron chi connectivity index (χ1n) is 8.76. The van der Waals surface area contributed by atoms with E-state index in [0.29, 0.717) is 10.4 Å². The topological polar surface area (TPSA) is 34.4 Å². The molecule has 0 saturated heterocycles. The zero-order valence-electron chi connectivity index (χ0n) is 14.7. The lowest BCUT2D eigenvalue weighted by Crippen LogP contribution is -2.13. The molecule has 0 radical (unpaired) electrons. The van der Waals surface area contributed by atoms with Crippen LogP contribution in [0, 0.1) is 0 Å². The van der Waals surface area contributed by atoms with Crippen LogP contribution in [-0.2, 0) is 7.05 Å². The monoisotopic (exact) mass is 368 g/mol. The van der Waals surface area contributed by atoms with Crippen LogP contribution in [0.1, 0.15) is 10.4 Å². The van der Waals surface area contributed by atoms with E-state index in [2.05, 4.69) is 29.3 Å². The maximum absolute atomic E-state index is 12.9. The van der Waals surface area contributed by atoms with Crippen molar-refractivity contribution < 1.29 is 4.79 Å². The second-order valence-corrected chi connectivity index (χ2v) is 7.50. The summed E-state index contributed by atoms with van der Waals surface area (Å²) < 4.78 is 3.15. The lowest BCUT2D eigenvalue weighted by molar-refractivity contribution is 0.0999. The van der Waals surface area contributed by atoms with Gasteiger partial charge in [0.1, 0.15) is 0 Å². The van der Waals surface area contributed by atoms with Gasteiger partial charge in [-0.05, 0) is 28.3 Å². The molecule has 27 heavy (non-hydrogen) atoms. The van der Waals surface area contributed by atoms with Gasteiger partial charge < -0.3 is 4.57 Å². The number of amides is 1. The molecule has 0 atom stereocenters. The quantitative estimate of drug-likeness (QED) is 0.396. The summed E-state index contributed by atoms with van der Waals surface area (Å²) in [6.45, 7) is 0. The molecule has 0 N–H and O–H groups in total. The molecule has 5 rings (SSSR count). The van der Waals surface area contributed by atoms with Crippen LogP contribution in [0.2, 0.25) is 0 Å². The van der Waals surface area contributed by atoms with Gasteiger partial charge in [0.2, 0.25) is 0 Å². The van der Waals surface area contributed by atoms with Crippen molar-refractivity contribution in [2.45, 2.75) is 0 Å². The molecule has 1 amide bonds. The first kappa shape index (κ1) is 16.0. The predicted molar refractivity (Wildman–Crippen MR) is 112 cm³/mol. The molecule has 0 fully saturated rings. The van der Waals surface area contributed by atoms with E-state index in [0.717, 1.165) is 21.0 Å². The van der Waals surface area contributed by atoms with E-state index in [1.807, 2.05) is 66.2 Å². The van der Waals surface area contributed by atoms with Crippen LogP contribution in [0.3, 0.4) is 0 Å². The van der Waals surface area contributed by atoms with E-state index in [-0.39, 0.29) is 5.91 Å². The van der Waals surface area contributed by atoms with Crippen LogP contribution in [0.15, 0.2) is 83.9 Å². The fraction of sp³-hybridized carbons (Fsp3) is 0.0435. The number of aromatic nitrogens is 1. The van der Waals surface area contributed by atoms with Crippen molar-refractivity contribution in [2.24, 2.45) is 12.0 Å². The van der Waals surface area contributed by atoms with Crippen molar-refractivity contribution in [1.29, 1.82) is 0 Å². The van der Waals surface area contributed by atoms with Gasteiger partial charge in [0, 0.05) is 18.0 Å². The average molecular weight is 368 g/mol. The first-order valence-corrected chi connectivity index (χ1v) is 9.58. The van der Waals surface area contributed by atoms with Crippen LogP contribution < -0.4 is 4.80 Å². The van der Waals surface area contributed by atoms with E-state index in [1.54, 1.807) is 11.3 Å². The van der Waals surface area contributed by atoms with E-state index >= 15 is 0 Å². The lowest BCUT2D eigenvalue weighted by atomic mass is 10.0. The Morgan fingerprint density at radius 2 is 1.48 bits per heavy atom. The molecule has 0 unspecified atom stereocenters. The molecule has 3 nitrogen and oxygen atoms in total. The standard InChI is InChI=1S/C23H16N2OS/c1-25-20-14-13-16-8-3-5-11-18(16)21(20)27-23(25)24-22(26)19-12-6-9-15-7-2-4-10-17(15)19/h2-14H,1H3. The normalized spacial score (nSPS) is 12.3. The van der Waals surface area contributed by atoms with Crippen molar-refractivity contribution in [2.75, 3.05) is 0 Å². The maximum Gasteiger partial charge on any atom is 0.280 e. The van der Waals surface area contributed by atoms with Gasteiger partial charge in [0.15, 0.2) is 4.80 Å². The molecule has 0 saturated carbocycles. The Kier molecular flexibility index (Phi) is 3.66. The van der Waals surface area contributed by atoms with Crippen molar-refractivity contribution >= 4 is 49.0 Å². The number of fused-ring (bicyclic) bond motifs is 4. The van der Waals surface area contributed by atoms with E-state index in [4.69, 9.17) is 0 Å². The van der Waals surface area contributed by atoms with Gasteiger partial charge in [0.25, 0.3) is 5.91 Å². The Morgan fingerprint density at radius 1 is 0.815 bits per heavy atom. The Hall–Kier alpha value is -3.24. The average Bonchev–Trinajstić information content (AvgIpc) is 3.03. The summed E-state index contributed by atoms with van der Waals surface area (Å²) in [6, 6.07) is 26.2. The number of carbonyl (C=O) groups excluding carboxylic acids is 1. The number of aryl methyl sites for hydroxylation is 1. The molecule has 1 heterocycles. The molecule has 130 valence electrons. The second-order valence-electron chi connectivity index (χ2n) is 6.52. The Labute approximate surface area is 159 Å². The Balaban J connectivity index is 1.73. The largest absolute Gasteiger partial charge is 0.319 e. The highest BCUT2D eigenvalue weighted by molar-refractivity contribution is 7.17. The number of hydrogen-bond acceptors (Lipinski definition) is 2. The van der Waals surface area contributed by atoms with Crippen LogP contribution in [0.25, 0.3) is 31.8 Å². The number of nitrogens with zero attached hydrogens (tertiary/aromatic N) is 2. The molecule has 0 aliphatic carbocycles. The van der Waals surface area contributed by atoms with E-state index < -0.39 is 0 Å². The smallest absolute Gasteiger partial charge is 0.280 e. The summed E-state index contributed by atoms with van der Waals surface area (Å²) in [6.07, 6.45) is 0. The predicted octanol–water partition coefficient (Wildman–Crippen LogP) is 5.29. The molecule has 5 aromatic rings. The number of benzene rings is 4. The van der Waals surface area contributed by atoms with Crippen molar-refractivity contribution in [1.82, 2.24) is 4.57 Å². The molecule has 0 aliphatic rings. The molecule has 4 heteroatoms. The van der Waals surface area contributed by atoms with Crippen molar-refractivity contribution in [3.63, 3.8) is 0 Å². The highest BCUT2D eigenvalue weighted by Crippen LogP contribution is 2.27. The third kappa shape index (κ3) is 2.57. The molecule has 0 bridgehead atoms. The van der Waals surface area contributed by atoms with Gasteiger partial charge in [-0.25, -0.2) is 0 Å². The van der Waals surface area contributed by atoms with E-state index in [1.165, 1.54) is 10.8 Å². The Bertz CT molecular complexity index is 1400. The minimum atomic E-state index is -0.210. The molecule has 4 aromatic carbocycles. The van der Waals surface area contributed by atoms with Crippen LogP contribution in [0.5, 0.6) is 0 Å². The SMILES string of the molecule is Cn1c(=NC(=O)c2cccc3ccccc23)sc2c3ccccc3ccc21. The second kappa shape index (κ2) is 6.18. The third-order valence-electron chi connectivity index (χ3n) is 4.92. The van der Waals surface area contributed by atoms with Gasteiger partial charge in [0.05, 0.1) is 10.2 Å². The third-order valence-corrected chi connectivity index (χ3v) is 6.10. The van der Waals surface area contributed by atoms with Crippen LogP contribution in [0.4, 0.5) is 0 Å². The fourth-order valence-corrected chi connectivity index (χ4v) is 4.67. The van der Waals surface area contributed by atoms with Gasteiger partial charge in [-0.3, -0.25) is 4.79 Å². The minimum Gasteiger partial charge on any atom is -0.319 e. The molecule has 0 spiro atoms. The maximum atomic E-state index is 12.9. The first-order chi connectivity index (χ1) is 13.2. The van der Waals surface area contributed by atoms with Crippen LogP contribution >= 0.6 is 11.3 Å². The fourth-order valence-electron chi connectivity index (χ4n) is 3.52. The van der Waals surface area contributed by atoms with Gasteiger partial charge in [-0.15, -0.1) is 0 Å². The number of hydrogen-bond donors (Lipinski definition) is 0. The van der Waals surface area contributed by atoms with Crippen molar-refractivity contribution in [3.8, 4) is 0 Å². The summed E-state index contributed by atoms with van der Waals surface area (Å²) in [7, 11) is 1.96. The van der Waals surface area contributed by atoms with Gasteiger partial charge in [-0.1, -0.05) is 78.1 Å². The number of carbonyl (C=O) groups is 1. The van der Waals surface area contributed by atoms with E-state index in [9.17, 15) is 4.79 Å².